The average Bonchev–Trinajstić information content (AvgIpc) is 2.58. The van der Waals surface area contributed by atoms with Gasteiger partial charge in [0.2, 0.25) is 11.8 Å². The van der Waals surface area contributed by atoms with Crippen molar-refractivity contribution in [2.75, 3.05) is 39.3 Å². The minimum atomic E-state index is 0.104. The molecule has 0 aromatic heterocycles. The van der Waals surface area contributed by atoms with Crippen LogP contribution in [0, 0.1) is 5.92 Å². The first-order chi connectivity index (χ1) is 12.0. The summed E-state index contributed by atoms with van der Waals surface area (Å²) in [5, 5.41) is 6.24. The summed E-state index contributed by atoms with van der Waals surface area (Å²) in [4.78, 5) is 28.6. The molecular formula is C19H36N4O2. The van der Waals surface area contributed by atoms with Crippen LogP contribution in [0.15, 0.2) is 0 Å². The van der Waals surface area contributed by atoms with Crippen molar-refractivity contribution in [3.05, 3.63) is 0 Å². The van der Waals surface area contributed by atoms with Crippen molar-refractivity contribution >= 4 is 11.8 Å². The first kappa shape index (κ1) is 20.2. The van der Waals surface area contributed by atoms with E-state index in [4.69, 9.17) is 0 Å². The van der Waals surface area contributed by atoms with Gasteiger partial charge in [0.15, 0.2) is 0 Å². The SMILES string of the molecule is CC[C@H](C)NC(=O)CN1CCN(CC(=O)N[C@H]2CCCC[C@@H]2C)CC1. The molecule has 2 amide bonds. The highest BCUT2D eigenvalue weighted by atomic mass is 16.2. The smallest absolute Gasteiger partial charge is 0.234 e. The van der Waals surface area contributed by atoms with Crippen LogP contribution >= 0.6 is 0 Å². The molecule has 2 fully saturated rings. The Morgan fingerprint density at radius 3 is 2.12 bits per heavy atom. The molecule has 1 aliphatic heterocycles. The van der Waals surface area contributed by atoms with Gasteiger partial charge in [-0.1, -0.05) is 26.7 Å². The van der Waals surface area contributed by atoms with Crippen molar-refractivity contribution in [2.24, 2.45) is 5.92 Å². The molecule has 1 heterocycles. The summed E-state index contributed by atoms with van der Waals surface area (Å²) in [6, 6.07) is 0.589. The molecule has 0 radical (unpaired) electrons. The van der Waals surface area contributed by atoms with Crippen molar-refractivity contribution in [1.29, 1.82) is 0 Å². The topological polar surface area (TPSA) is 64.7 Å². The van der Waals surface area contributed by atoms with Crippen molar-refractivity contribution in [1.82, 2.24) is 20.4 Å². The summed E-state index contributed by atoms with van der Waals surface area (Å²) in [7, 11) is 0. The second kappa shape index (κ2) is 10.1. The third-order valence-electron chi connectivity index (χ3n) is 5.68. The maximum absolute atomic E-state index is 12.3. The number of carbonyl (C=O) groups excluding carboxylic acids is 2. The standard InChI is InChI=1S/C19H36N4O2/c1-4-16(3)20-18(24)13-22-9-11-23(12-10-22)14-19(25)21-17-8-6-5-7-15(17)2/h15-17H,4-14H2,1-3H3,(H,20,24)(H,21,25)/t15-,16-,17-/m0/s1. The van der Waals surface area contributed by atoms with Crippen LogP contribution in [0.4, 0.5) is 0 Å². The number of nitrogens with one attached hydrogen (secondary N) is 2. The second-order valence-corrected chi connectivity index (χ2v) is 7.86. The van der Waals surface area contributed by atoms with Gasteiger partial charge in [-0.15, -0.1) is 0 Å². The maximum Gasteiger partial charge on any atom is 0.234 e. The van der Waals surface area contributed by atoms with Gasteiger partial charge in [0.25, 0.3) is 0 Å². The van der Waals surface area contributed by atoms with Crippen LogP contribution in [0.2, 0.25) is 0 Å². The van der Waals surface area contributed by atoms with Gasteiger partial charge in [-0.2, -0.15) is 0 Å². The van der Waals surface area contributed by atoms with Gasteiger partial charge < -0.3 is 10.6 Å². The fraction of sp³-hybridized carbons (Fsp3) is 0.895. The minimum absolute atomic E-state index is 0.104. The highest BCUT2D eigenvalue weighted by Gasteiger charge is 2.25. The number of carbonyl (C=O) groups is 2. The predicted molar refractivity (Wildman–Crippen MR) is 100 cm³/mol. The zero-order valence-corrected chi connectivity index (χ0v) is 16.2. The third kappa shape index (κ3) is 6.94. The van der Waals surface area contributed by atoms with Crippen LogP contribution in [0.3, 0.4) is 0 Å². The van der Waals surface area contributed by atoms with E-state index in [0.717, 1.165) is 39.0 Å². The lowest BCUT2D eigenvalue weighted by Gasteiger charge is -2.35. The lowest BCUT2D eigenvalue weighted by atomic mass is 9.86. The Bertz CT molecular complexity index is 435. The Hall–Kier alpha value is -1.14. The molecule has 1 saturated carbocycles. The minimum Gasteiger partial charge on any atom is -0.353 e. The van der Waals surface area contributed by atoms with Gasteiger partial charge in [0.1, 0.15) is 0 Å². The molecule has 1 saturated heterocycles. The van der Waals surface area contributed by atoms with Gasteiger partial charge >= 0.3 is 0 Å². The highest BCUT2D eigenvalue weighted by Crippen LogP contribution is 2.23. The zero-order chi connectivity index (χ0) is 18.2. The molecule has 2 rings (SSSR count). The largest absolute Gasteiger partial charge is 0.353 e. The fourth-order valence-corrected chi connectivity index (χ4v) is 3.72. The van der Waals surface area contributed by atoms with Gasteiger partial charge in [0, 0.05) is 38.3 Å². The Balaban J connectivity index is 1.64. The van der Waals surface area contributed by atoms with Crippen molar-refractivity contribution in [2.45, 2.75) is 65.0 Å². The van der Waals surface area contributed by atoms with Crippen LogP contribution in [0.25, 0.3) is 0 Å². The van der Waals surface area contributed by atoms with E-state index in [1.54, 1.807) is 0 Å². The number of amides is 2. The molecule has 0 bridgehead atoms. The molecule has 2 N–H and O–H groups in total. The predicted octanol–water partition coefficient (Wildman–Crippen LogP) is 1.21. The first-order valence-corrected chi connectivity index (χ1v) is 10.0. The monoisotopic (exact) mass is 352 g/mol. The van der Waals surface area contributed by atoms with E-state index in [-0.39, 0.29) is 17.9 Å². The number of hydrogen-bond donors (Lipinski definition) is 2. The fourth-order valence-electron chi connectivity index (χ4n) is 3.72. The van der Waals surface area contributed by atoms with E-state index in [9.17, 15) is 9.59 Å². The lowest BCUT2D eigenvalue weighted by molar-refractivity contribution is -0.126. The molecule has 2 aliphatic rings. The summed E-state index contributed by atoms with van der Waals surface area (Å²) in [6.45, 7) is 10.7. The molecule has 0 unspecified atom stereocenters. The summed E-state index contributed by atoms with van der Waals surface area (Å²) in [5.74, 6) is 0.854. The van der Waals surface area contributed by atoms with E-state index >= 15 is 0 Å². The molecule has 144 valence electrons. The molecule has 0 spiro atoms. The first-order valence-electron chi connectivity index (χ1n) is 10.0. The average molecular weight is 353 g/mol. The molecular weight excluding hydrogens is 316 g/mol. The number of rotatable bonds is 7. The summed E-state index contributed by atoms with van der Waals surface area (Å²) >= 11 is 0. The molecule has 0 aromatic carbocycles. The van der Waals surface area contributed by atoms with Crippen LogP contribution in [0.1, 0.15) is 52.9 Å². The van der Waals surface area contributed by atoms with Gasteiger partial charge in [0.05, 0.1) is 13.1 Å². The van der Waals surface area contributed by atoms with Crippen LogP contribution in [0.5, 0.6) is 0 Å². The van der Waals surface area contributed by atoms with E-state index in [2.05, 4.69) is 34.3 Å². The molecule has 1 aliphatic carbocycles. The van der Waals surface area contributed by atoms with Crippen molar-refractivity contribution in [3.63, 3.8) is 0 Å². The number of hydrogen-bond acceptors (Lipinski definition) is 4. The van der Waals surface area contributed by atoms with Crippen molar-refractivity contribution < 1.29 is 9.59 Å². The van der Waals surface area contributed by atoms with Crippen molar-refractivity contribution in [3.8, 4) is 0 Å². The Morgan fingerprint density at radius 2 is 1.56 bits per heavy atom. The van der Waals surface area contributed by atoms with E-state index < -0.39 is 0 Å². The molecule has 3 atom stereocenters. The van der Waals surface area contributed by atoms with Gasteiger partial charge in [-0.3, -0.25) is 19.4 Å². The lowest BCUT2D eigenvalue weighted by Crippen LogP contribution is -2.53. The van der Waals surface area contributed by atoms with Gasteiger partial charge in [-0.05, 0) is 32.1 Å². The normalized spacial score (nSPS) is 26.8. The third-order valence-corrected chi connectivity index (χ3v) is 5.68. The molecule has 0 aromatic rings. The quantitative estimate of drug-likeness (QED) is 0.723. The Morgan fingerprint density at radius 1 is 1.00 bits per heavy atom. The summed E-state index contributed by atoms with van der Waals surface area (Å²) in [5.41, 5.74) is 0. The van der Waals surface area contributed by atoms with Crippen LogP contribution in [-0.2, 0) is 9.59 Å². The Labute approximate surface area is 152 Å². The second-order valence-electron chi connectivity index (χ2n) is 7.86. The number of piperazine rings is 1. The summed E-state index contributed by atoms with van der Waals surface area (Å²) in [6.07, 6.45) is 5.81. The number of nitrogens with zero attached hydrogens (tertiary/aromatic N) is 2. The molecule has 6 nitrogen and oxygen atoms in total. The van der Waals surface area contributed by atoms with E-state index in [1.165, 1.54) is 19.3 Å². The van der Waals surface area contributed by atoms with Crippen LogP contribution in [-0.4, -0.2) is 73.0 Å². The molecule has 25 heavy (non-hydrogen) atoms. The van der Waals surface area contributed by atoms with E-state index in [0.29, 0.717) is 25.0 Å². The highest BCUT2D eigenvalue weighted by molar-refractivity contribution is 5.79. The summed E-state index contributed by atoms with van der Waals surface area (Å²) < 4.78 is 0. The van der Waals surface area contributed by atoms with Gasteiger partial charge in [-0.25, -0.2) is 0 Å². The Kier molecular flexibility index (Phi) is 8.16. The maximum atomic E-state index is 12.3. The zero-order valence-electron chi connectivity index (χ0n) is 16.2. The van der Waals surface area contributed by atoms with E-state index in [1.807, 2.05) is 6.92 Å². The van der Waals surface area contributed by atoms with Crippen LogP contribution < -0.4 is 10.6 Å². The molecule has 6 heteroatoms.